The summed E-state index contributed by atoms with van der Waals surface area (Å²) in [5.74, 6) is -0.801. The first-order chi connectivity index (χ1) is 7.79. The molecule has 4 nitrogen and oxygen atoms in total. The molecule has 0 atom stereocenters. The Morgan fingerprint density at radius 3 is 2.41 bits per heavy atom. The normalized spacial score (nSPS) is 11.3. The maximum absolute atomic E-state index is 11.5. The molecule has 0 heterocycles. The molecule has 0 saturated carbocycles. The first-order valence-electron chi connectivity index (χ1n) is 4.38. The predicted molar refractivity (Wildman–Crippen MR) is 65.5 cm³/mol. The molecule has 0 aliphatic rings. The Hall–Kier alpha value is -0.490. The highest BCUT2D eigenvalue weighted by Gasteiger charge is 2.24. The summed E-state index contributed by atoms with van der Waals surface area (Å²) in [4.78, 5) is 11.2. The largest absolute Gasteiger partial charge is 0.462 e. The molecule has 1 aromatic carbocycles. The second-order valence-electron chi connectivity index (χ2n) is 2.89. The Labute approximate surface area is 113 Å². The zero-order valence-electron chi connectivity index (χ0n) is 8.54. The molecule has 1 aromatic rings. The van der Waals surface area contributed by atoms with Crippen molar-refractivity contribution in [1.29, 1.82) is 0 Å². The van der Waals surface area contributed by atoms with Crippen LogP contribution in [-0.4, -0.2) is 21.0 Å². The number of carbonyl (C=O) groups is 1. The summed E-state index contributed by atoms with van der Waals surface area (Å²) in [6.45, 7) is 1.71. The van der Waals surface area contributed by atoms with Crippen LogP contribution in [-0.2, 0) is 13.8 Å². The number of esters is 1. The molecule has 0 N–H and O–H groups in total. The van der Waals surface area contributed by atoms with Crippen molar-refractivity contribution in [1.82, 2.24) is 0 Å². The van der Waals surface area contributed by atoms with Gasteiger partial charge in [-0.1, -0.05) is 23.2 Å². The van der Waals surface area contributed by atoms with Crippen LogP contribution in [0.3, 0.4) is 0 Å². The van der Waals surface area contributed by atoms with E-state index in [9.17, 15) is 13.2 Å². The van der Waals surface area contributed by atoms with E-state index in [0.717, 1.165) is 6.07 Å². The molecule has 0 saturated heterocycles. The highest BCUT2D eigenvalue weighted by Crippen LogP contribution is 2.33. The Balaban J connectivity index is 3.46. The summed E-state index contributed by atoms with van der Waals surface area (Å²) in [6.07, 6.45) is 0. The fraction of sp³-hybridized carbons (Fsp3) is 0.222. The highest BCUT2D eigenvalue weighted by atomic mass is 35.7. The van der Waals surface area contributed by atoms with Gasteiger partial charge < -0.3 is 4.74 Å². The lowest BCUT2D eigenvalue weighted by atomic mass is 10.2. The van der Waals surface area contributed by atoms with Crippen LogP contribution < -0.4 is 0 Å². The third kappa shape index (κ3) is 3.25. The first-order valence-corrected chi connectivity index (χ1v) is 7.45. The van der Waals surface area contributed by atoms with Crippen LogP contribution in [0.2, 0.25) is 10.0 Å². The van der Waals surface area contributed by atoms with Gasteiger partial charge in [-0.25, -0.2) is 13.2 Å². The van der Waals surface area contributed by atoms with Crippen molar-refractivity contribution < 1.29 is 17.9 Å². The Kier molecular flexibility index (Phi) is 4.66. The second kappa shape index (κ2) is 5.44. The van der Waals surface area contributed by atoms with Crippen molar-refractivity contribution in [3.8, 4) is 0 Å². The maximum atomic E-state index is 11.5. The van der Waals surface area contributed by atoms with Gasteiger partial charge >= 0.3 is 5.97 Å². The number of rotatable bonds is 3. The average Bonchev–Trinajstić information content (AvgIpc) is 2.15. The monoisotopic (exact) mass is 316 g/mol. The van der Waals surface area contributed by atoms with E-state index >= 15 is 0 Å². The molecule has 17 heavy (non-hydrogen) atoms. The van der Waals surface area contributed by atoms with E-state index in [-0.39, 0.29) is 27.1 Å². The van der Waals surface area contributed by atoms with E-state index < -0.39 is 15.0 Å². The van der Waals surface area contributed by atoms with Gasteiger partial charge in [-0.15, -0.1) is 0 Å². The van der Waals surface area contributed by atoms with E-state index in [1.54, 1.807) is 6.92 Å². The van der Waals surface area contributed by atoms with Crippen molar-refractivity contribution in [2.24, 2.45) is 0 Å². The smallest absolute Gasteiger partial charge is 0.341 e. The van der Waals surface area contributed by atoms with Gasteiger partial charge in [0.25, 0.3) is 9.05 Å². The van der Waals surface area contributed by atoms with Gasteiger partial charge in [-0.05, 0) is 19.1 Å². The lowest BCUT2D eigenvalue weighted by molar-refractivity contribution is 0.0526. The fourth-order valence-corrected chi connectivity index (χ4v) is 2.99. The molecule has 0 aromatic heterocycles. The van der Waals surface area contributed by atoms with E-state index in [4.69, 9.17) is 38.6 Å². The number of hydrogen-bond acceptors (Lipinski definition) is 4. The van der Waals surface area contributed by atoms with Crippen LogP contribution in [0.5, 0.6) is 0 Å². The Bertz CT molecular complexity index is 554. The van der Waals surface area contributed by atoms with E-state index in [1.807, 2.05) is 0 Å². The quantitative estimate of drug-likeness (QED) is 0.635. The van der Waals surface area contributed by atoms with Crippen LogP contribution in [0, 0.1) is 0 Å². The minimum Gasteiger partial charge on any atom is -0.462 e. The molecule has 0 fully saturated rings. The molecule has 94 valence electrons. The van der Waals surface area contributed by atoms with Gasteiger partial charge in [0.15, 0.2) is 0 Å². The van der Waals surface area contributed by atoms with Gasteiger partial charge in [0.2, 0.25) is 0 Å². The SMILES string of the molecule is CCOC(=O)c1c(Cl)ccc(S(=O)(=O)Cl)c1Cl. The predicted octanol–water partition coefficient (Wildman–Crippen LogP) is 3.10. The number of carbonyl (C=O) groups excluding carboxylic acids is 1. The third-order valence-corrected chi connectivity index (χ3v) is 3.98. The van der Waals surface area contributed by atoms with Crippen molar-refractivity contribution in [3.05, 3.63) is 27.7 Å². The molecule has 1 rings (SSSR count). The standard InChI is InChI=1S/C9H7Cl3O4S/c1-2-16-9(13)7-5(10)3-4-6(8(7)11)17(12,14)15/h3-4H,2H2,1H3. The van der Waals surface area contributed by atoms with Crippen molar-refractivity contribution in [2.45, 2.75) is 11.8 Å². The third-order valence-electron chi connectivity index (χ3n) is 1.80. The summed E-state index contributed by atoms with van der Waals surface area (Å²) in [5, 5.41) is -0.344. The lowest BCUT2D eigenvalue weighted by Gasteiger charge is -2.08. The minimum absolute atomic E-state index is 0.00230. The van der Waals surface area contributed by atoms with Crippen LogP contribution in [0.4, 0.5) is 0 Å². The van der Waals surface area contributed by atoms with E-state index in [2.05, 4.69) is 0 Å². The van der Waals surface area contributed by atoms with Crippen molar-refractivity contribution in [3.63, 3.8) is 0 Å². The molecule has 0 unspecified atom stereocenters. The second-order valence-corrected chi connectivity index (χ2v) is 6.21. The molecule has 0 radical (unpaired) electrons. The number of halogens is 3. The van der Waals surface area contributed by atoms with E-state index in [0.29, 0.717) is 0 Å². The van der Waals surface area contributed by atoms with Crippen molar-refractivity contribution >= 4 is 48.9 Å². The van der Waals surface area contributed by atoms with Crippen molar-refractivity contribution in [2.75, 3.05) is 6.61 Å². The lowest BCUT2D eigenvalue weighted by Crippen LogP contribution is -2.08. The zero-order chi connectivity index (χ0) is 13.2. The summed E-state index contributed by atoms with van der Waals surface area (Å²) in [6, 6.07) is 2.34. The summed E-state index contributed by atoms with van der Waals surface area (Å²) >= 11 is 11.5. The number of hydrogen-bond donors (Lipinski definition) is 0. The molecule has 0 spiro atoms. The number of ether oxygens (including phenoxy) is 1. The van der Waals surface area contributed by atoms with Gasteiger partial charge in [0.05, 0.1) is 22.2 Å². The molecule has 8 heteroatoms. The summed E-state index contributed by atoms with van der Waals surface area (Å²) < 4.78 is 27.1. The van der Waals surface area contributed by atoms with Gasteiger partial charge in [-0.2, -0.15) is 0 Å². The molecular weight excluding hydrogens is 311 g/mol. The van der Waals surface area contributed by atoms with Crippen LogP contribution in [0.25, 0.3) is 0 Å². The molecule has 0 aliphatic heterocycles. The van der Waals surface area contributed by atoms with Gasteiger partial charge in [0.1, 0.15) is 4.90 Å². The summed E-state index contributed by atoms with van der Waals surface area (Å²) in [7, 11) is 1.12. The maximum Gasteiger partial charge on any atom is 0.341 e. The molecule has 0 amide bonds. The topological polar surface area (TPSA) is 60.4 Å². The Morgan fingerprint density at radius 2 is 1.94 bits per heavy atom. The van der Waals surface area contributed by atoms with Crippen LogP contribution in [0.15, 0.2) is 17.0 Å². The minimum atomic E-state index is -4.05. The number of benzene rings is 1. The van der Waals surface area contributed by atoms with E-state index in [1.165, 1.54) is 6.07 Å². The highest BCUT2D eigenvalue weighted by molar-refractivity contribution is 8.13. The average molecular weight is 318 g/mol. The van der Waals surface area contributed by atoms with Gasteiger partial charge in [-0.3, -0.25) is 0 Å². The van der Waals surface area contributed by atoms with Crippen LogP contribution >= 0.6 is 33.9 Å². The first kappa shape index (κ1) is 14.6. The van der Waals surface area contributed by atoms with Crippen LogP contribution in [0.1, 0.15) is 17.3 Å². The zero-order valence-corrected chi connectivity index (χ0v) is 11.6. The molecule has 0 bridgehead atoms. The molecular formula is C9H7Cl3O4S. The Morgan fingerprint density at radius 1 is 1.35 bits per heavy atom. The molecule has 0 aliphatic carbocycles. The summed E-state index contributed by atoms with van der Waals surface area (Å²) in [5.41, 5.74) is -0.211. The van der Waals surface area contributed by atoms with Gasteiger partial charge in [0, 0.05) is 10.7 Å². The fourth-order valence-electron chi connectivity index (χ4n) is 1.11.